The fourth-order valence-electron chi connectivity index (χ4n) is 10.8. The van der Waals surface area contributed by atoms with Crippen LogP contribution >= 0.6 is 0 Å². The number of carbonyl (C=O) groups is 13. The summed E-state index contributed by atoms with van der Waals surface area (Å²) in [4.78, 5) is 177. The van der Waals surface area contributed by atoms with Gasteiger partial charge in [-0.3, -0.25) is 67.3 Å². The maximum atomic E-state index is 14.0. The maximum absolute atomic E-state index is 14.0. The number of H-pyrrole nitrogens is 1. The van der Waals surface area contributed by atoms with Gasteiger partial charge in [0.2, 0.25) is 76.8 Å². The lowest BCUT2D eigenvalue weighted by Gasteiger charge is -2.24. The highest BCUT2D eigenvalue weighted by molar-refractivity contribution is 5.97. The molecule has 0 unspecified atom stereocenters. The van der Waals surface area contributed by atoms with Gasteiger partial charge in [-0.15, -0.1) is 0 Å². The van der Waals surface area contributed by atoms with Gasteiger partial charge in [-0.05, 0) is 151 Å². The number of aromatic amines is 1. The molecule has 572 valence electrons. The van der Waals surface area contributed by atoms with E-state index in [1.807, 2.05) is 52.0 Å². The van der Waals surface area contributed by atoms with Gasteiger partial charge in [0.1, 0.15) is 48.0 Å². The van der Waals surface area contributed by atoms with Crippen molar-refractivity contribution >= 4 is 93.7 Å². The van der Waals surface area contributed by atoms with Crippen LogP contribution < -0.4 is 92.5 Å². The number of para-hydroxylation sites is 1. The molecule has 3 aromatic rings. The Morgan fingerprint density at radius 2 is 0.971 bits per heavy atom. The third-order valence-corrected chi connectivity index (χ3v) is 16.5. The summed E-state index contributed by atoms with van der Waals surface area (Å²) in [6.07, 6.45) is 7.53. The van der Waals surface area contributed by atoms with Crippen LogP contribution in [0.4, 0.5) is 0 Å². The number of nitrogens with two attached hydrogens (primary N) is 5. The van der Waals surface area contributed by atoms with Gasteiger partial charge in [-0.2, -0.15) is 0 Å². The SMILES string of the molecule is CC[C@H](NC(=O)[C@H](CCCN=C(N)N)NC(=O)CNC(=O)CCCCNC(=O)CCCCNC(=O)CCCCNC(=O)[C@H](CCCCN)NC(=O)[C@H](Cc1ccc(O)cc1)NC(=O)[C@@H](N)Cc1c[nH]c2ccccc12)C(=O)N[C@@H](C)C(=O)NCC(=O)N[C@@H](CC(C)C)C(=O)N[C@@H](CC(C)C)C(N)=O. The van der Waals surface area contributed by atoms with Crippen molar-refractivity contribution in [2.24, 2.45) is 45.5 Å². The van der Waals surface area contributed by atoms with Crippen molar-refractivity contribution < 1.29 is 67.4 Å². The number of phenolic OH excluding ortho intramolecular Hbond substituents is 1. The van der Waals surface area contributed by atoms with Crippen LogP contribution in [0.5, 0.6) is 5.75 Å². The molecule has 24 N–H and O–H groups in total. The number of hydrogen-bond donors (Lipinski definition) is 19. The molecule has 1 aromatic heterocycles. The summed E-state index contributed by atoms with van der Waals surface area (Å²) < 4.78 is 0. The number of rotatable bonds is 51. The molecule has 103 heavy (non-hydrogen) atoms. The van der Waals surface area contributed by atoms with E-state index in [0.29, 0.717) is 83.0 Å². The summed E-state index contributed by atoms with van der Waals surface area (Å²) in [7, 11) is 0. The standard InChI is InChI=1S/C70H113N19O14/c1-7-50(66(100)83-44(6)63(97)82-41-61(95)85-55(36-43(4)5)68(102)88-54(62(73)96)35-42(2)3)86-67(101)53(22-18-34-79-70(74)75)84-60(94)40-81-59(93)25-12-16-32-77-57(91)23-11-15-31-76-58(92)24-13-17-33-78-65(99)52(21-10-14-30-71)87-69(103)56(37-45-26-28-47(90)29-27-45)89-64(98)49(72)38-46-39-80-51-20-9-8-19-48(46)51/h8-9,19-20,26-29,39,42-44,49-50,52-56,80,90H,7,10-18,21-25,30-38,40-41,71-72H2,1-6H3,(H2,73,96)(H,76,92)(H,77,91)(H,78,99)(H,81,93)(H,82,97)(H,83,100)(H,84,94)(H,85,95)(H,86,101)(H,87,103)(H,88,102)(H,89,98)(H4,74,75,79)/t44-,49-,50-,52-,53-,54-,55-,56-/m0/s1. The van der Waals surface area contributed by atoms with Crippen LogP contribution in [0, 0.1) is 11.8 Å². The number of aliphatic imine (C=N–C) groups is 1. The van der Waals surface area contributed by atoms with Crippen molar-refractivity contribution in [3.8, 4) is 5.75 Å². The minimum atomic E-state index is -1.21. The van der Waals surface area contributed by atoms with Gasteiger partial charge in [0, 0.05) is 69.0 Å². The summed E-state index contributed by atoms with van der Waals surface area (Å²) in [5.41, 5.74) is 30.9. The largest absolute Gasteiger partial charge is 0.508 e. The monoisotopic (exact) mass is 1440 g/mol. The van der Waals surface area contributed by atoms with Crippen LogP contribution in [0.25, 0.3) is 10.9 Å². The number of unbranched alkanes of at least 4 members (excludes halogenated alkanes) is 4. The number of fused-ring (bicyclic) bond motifs is 1. The zero-order valence-corrected chi connectivity index (χ0v) is 60.4. The maximum Gasteiger partial charge on any atom is 0.243 e. The van der Waals surface area contributed by atoms with Crippen molar-refractivity contribution in [1.82, 2.24) is 68.8 Å². The lowest BCUT2D eigenvalue weighted by molar-refractivity contribution is -0.134. The van der Waals surface area contributed by atoms with Gasteiger partial charge >= 0.3 is 0 Å². The molecule has 8 atom stereocenters. The van der Waals surface area contributed by atoms with E-state index in [-0.39, 0.29) is 113 Å². The third kappa shape index (κ3) is 36.0. The molecule has 0 fully saturated rings. The Hall–Kier alpha value is -9.92. The van der Waals surface area contributed by atoms with E-state index < -0.39 is 126 Å². The first-order valence-corrected chi connectivity index (χ1v) is 35.6. The number of aromatic hydroxyl groups is 1. The van der Waals surface area contributed by atoms with Crippen molar-refractivity contribution in [1.29, 1.82) is 0 Å². The van der Waals surface area contributed by atoms with Crippen LogP contribution in [0.3, 0.4) is 0 Å². The number of aromatic nitrogens is 1. The van der Waals surface area contributed by atoms with E-state index in [1.165, 1.54) is 19.1 Å². The first-order valence-electron chi connectivity index (χ1n) is 35.6. The number of phenols is 1. The van der Waals surface area contributed by atoms with Crippen LogP contribution in [0.15, 0.2) is 59.7 Å². The summed E-state index contributed by atoms with van der Waals surface area (Å²) in [6.45, 7) is 10.7. The highest BCUT2D eigenvalue weighted by atomic mass is 16.3. The quantitative estimate of drug-likeness (QED) is 0.0177. The number of hydrogen-bond acceptors (Lipinski definition) is 17. The van der Waals surface area contributed by atoms with Gasteiger partial charge in [0.15, 0.2) is 5.96 Å². The van der Waals surface area contributed by atoms with E-state index in [9.17, 15) is 67.4 Å². The number of nitrogens with one attached hydrogen (secondary N) is 13. The Bertz CT molecular complexity index is 3270. The van der Waals surface area contributed by atoms with Gasteiger partial charge in [0.05, 0.1) is 19.1 Å². The molecule has 0 aliphatic rings. The van der Waals surface area contributed by atoms with E-state index >= 15 is 0 Å². The first-order chi connectivity index (χ1) is 49.0. The van der Waals surface area contributed by atoms with Crippen LogP contribution in [0.1, 0.15) is 162 Å². The van der Waals surface area contributed by atoms with Gasteiger partial charge in [-0.1, -0.05) is 65.0 Å². The molecule has 3 rings (SSSR count). The van der Waals surface area contributed by atoms with Gasteiger partial charge in [-0.25, -0.2) is 0 Å². The average Bonchev–Trinajstić information content (AvgIpc) is 1.71. The number of amides is 13. The topological polar surface area (TPSA) is 545 Å². The molecule has 0 aliphatic carbocycles. The highest BCUT2D eigenvalue weighted by Crippen LogP contribution is 2.20. The molecule has 1 heterocycles. The minimum absolute atomic E-state index is 0.0242. The second-order valence-electron chi connectivity index (χ2n) is 26.4. The summed E-state index contributed by atoms with van der Waals surface area (Å²) >= 11 is 0. The van der Waals surface area contributed by atoms with Crippen LogP contribution in [0.2, 0.25) is 0 Å². The Kier molecular flexibility index (Phi) is 40.7. The molecule has 0 spiro atoms. The van der Waals surface area contributed by atoms with E-state index in [0.717, 1.165) is 16.5 Å². The fraction of sp³-hybridized carbons (Fsp3) is 0.600. The third-order valence-electron chi connectivity index (χ3n) is 16.5. The lowest BCUT2D eigenvalue weighted by Crippen LogP contribution is -2.57. The number of carbonyl (C=O) groups excluding carboxylic acids is 13. The minimum Gasteiger partial charge on any atom is -0.508 e. The molecule has 13 amide bonds. The van der Waals surface area contributed by atoms with E-state index in [1.54, 1.807) is 25.3 Å². The molecule has 0 bridgehead atoms. The fourth-order valence-corrected chi connectivity index (χ4v) is 10.8. The molecule has 33 nitrogen and oxygen atoms in total. The van der Waals surface area contributed by atoms with Crippen molar-refractivity contribution in [3.05, 3.63) is 65.9 Å². The smallest absolute Gasteiger partial charge is 0.243 e. The number of guanidine groups is 1. The average molecular weight is 1440 g/mol. The summed E-state index contributed by atoms with van der Waals surface area (Å²) in [5.74, 6) is -7.61. The second-order valence-corrected chi connectivity index (χ2v) is 26.4. The molecule has 33 heteroatoms. The summed E-state index contributed by atoms with van der Waals surface area (Å²) in [6, 6.07) is 5.18. The van der Waals surface area contributed by atoms with Gasteiger partial charge in [0.25, 0.3) is 0 Å². The number of benzene rings is 2. The zero-order chi connectivity index (χ0) is 76.4. The summed E-state index contributed by atoms with van der Waals surface area (Å²) in [5, 5.41) is 42.7. The molecule has 0 radical (unpaired) electrons. The first kappa shape index (κ1) is 87.3. The molecule has 0 saturated heterocycles. The second kappa shape index (κ2) is 48.1. The Morgan fingerprint density at radius 3 is 1.55 bits per heavy atom. The van der Waals surface area contributed by atoms with E-state index in [4.69, 9.17) is 28.7 Å². The lowest BCUT2D eigenvalue weighted by atomic mass is 10.0. The zero-order valence-electron chi connectivity index (χ0n) is 60.4. The van der Waals surface area contributed by atoms with E-state index in [2.05, 4.69) is 73.8 Å². The van der Waals surface area contributed by atoms with Crippen molar-refractivity contribution in [2.75, 3.05) is 45.8 Å². The molecular weight excluding hydrogens is 1330 g/mol. The highest BCUT2D eigenvalue weighted by Gasteiger charge is 2.32. The predicted molar refractivity (Wildman–Crippen MR) is 389 cm³/mol. The Morgan fingerprint density at radius 1 is 0.476 bits per heavy atom. The molecular formula is C70H113N19O14. The molecule has 0 saturated carbocycles. The van der Waals surface area contributed by atoms with Crippen molar-refractivity contribution in [2.45, 2.75) is 212 Å². The van der Waals surface area contributed by atoms with Crippen LogP contribution in [-0.4, -0.2) is 187 Å². The Balaban J connectivity index is 1.35. The van der Waals surface area contributed by atoms with Crippen molar-refractivity contribution in [3.63, 3.8) is 0 Å². The van der Waals surface area contributed by atoms with Crippen LogP contribution in [-0.2, 0) is 75.2 Å². The Labute approximate surface area is 602 Å². The van der Waals surface area contributed by atoms with Gasteiger partial charge < -0.3 is 103 Å². The molecule has 2 aromatic carbocycles. The normalized spacial score (nSPS) is 13.4. The molecule has 0 aliphatic heterocycles. The number of nitrogens with zero attached hydrogens (tertiary/aromatic N) is 1. The number of primary amides is 1. The predicted octanol–water partition coefficient (Wildman–Crippen LogP) is -1.34.